The summed E-state index contributed by atoms with van der Waals surface area (Å²) in [6, 6.07) is 13.4. The number of nitrogens with one attached hydrogen (secondary N) is 1. The van der Waals surface area contributed by atoms with Crippen LogP contribution in [0.5, 0.6) is 0 Å². The number of rotatable bonds is 8. The first-order valence-electron chi connectivity index (χ1n) is 8.12. The van der Waals surface area contributed by atoms with Gasteiger partial charge in [0.25, 0.3) is 0 Å². The van der Waals surface area contributed by atoms with E-state index in [2.05, 4.69) is 72.3 Å². The highest BCUT2D eigenvalue weighted by molar-refractivity contribution is 5.18. The van der Waals surface area contributed by atoms with Crippen molar-refractivity contribution in [3.63, 3.8) is 0 Å². The smallest absolute Gasteiger partial charge is 0.0625 e. The van der Waals surface area contributed by atoms with Crippen LogP contribution in [0.4, 0.5) is 0 Å². The lowest BCUT2D eigenvalue weighted by Gasteiger charge is -2.19. The first-order valence-corrected chi connectivity index (χ1v) is 8.12. The Balaban J connectivity index is 2.12. The highest BCUT2D eigenvalue weighted by Gasteiger charge is 2.16. The summed E-state index contributed by atoms with van der Waals surface area (Å²) in [6.45, 7) is 8.41. The Morgan fingerprint density at radius 3 is 2.52 bits per heavy atom. The highest BCUT2D eigenvalue weighted by atomic mass is 15.3. The summed E-state index contributed by atoms with van der Waals surface area (Å²) < 4.78 is 2.15. The molecule has 1 atom stereocenters. The van der Waals surface area contributed by atoms with Gasteiger partial charge in [-0.05, 0) is 44.4 Å². The summed E-state index contributed by atoms with van der Waals surface area (Å²) in [5.74, 6) is 0. The molecule has 0 saturated carbocycles. The summed E-state index contributed by atoms with van der Waals surface area (Å²) in [5, 5.41) is 8.30. The number of nitrogens with zero attached hydrogens (tertiary/aromatic N) is 2. The molecule has 0 saturated heterocycles. The maximum atomic E-state index is 4.68. The molecule has 0 aliphatic heterocycles. The average Bonchev–Trinajstić information content (AvgIpc) is 2.95. The zero-order chi connectivity index (χ0) is 15.1. The Kier molecular flexibility index (Phi) is 6.00. The molecule has 2 aromatic rings. The Hall–Kier alpha value is -1.61. The van der Waals surface area contributed by atoms with Crippen molar-refractivity contribution in [3.05, 3.63) is 53.3 Å². The lowest BCUT2D eigenvalue weighted by molar-refractivity contribution is 0.466. The van der Waals surface area contributed by atoms with E-state index < -0.39 is 0 Å². The molecular formula is C18H27N3. The van der Waals surface area contributed by atoms with Crippen LogP contribution in [0.3, 0.4) is 0 Å². The van der Waals surface area contributed by atoms with Crippen molar-refractivity contribution >= 4 is 0 Å². The lowest BCUT2D eigenvalue weighted by Crippen LogP contribution is -2.24. The molecular weight excluding hydrogens is 258 g/mol. The monoisotopic (exact) mass is 285 g/mol. The minimum absolute atomic E-state index is 0.378. The van der Waals surface area contributed by atoms with Crippen molar-refractivity contribution in [1.82, 2.24) is 15.1 Å². The number of hydrogen-bond acceptors (Lipinski definition) is 2. The summed E-state index contributed by atoms with van der Waals surface area (Å²) in [6.07, 6.45) is 3.19. The second-order valence-electron chi connectivity index (χ2n) is 5.36. The van der Waals surface area contributed by atoms with Crippen LogP contribution in [0.2, 0.25) is 0 Å². The van der Waals surface area contributed by atoms with Gasteiger partial charge in [0.05, 0.1) is 11.4 Å². The molecule has 0 amide bonds. The fourth-order valence-corrected chi connectivity index (χ4v) is 2.75. The van der Waals surface area contributed by atoms with Gasteiger partial charge in [-0.2, -0.15) is 5.10 Å². The molecule has 1 aromatic heterocycles. The van der Waals surface area contributed by atoms with Crippen LogP contribution >= 0.6 is 0 Å². The fraction of sp³-hybridized carbons (Fsp3) is 0.500. The standard InChI is InChI=1S/C18H27N3/c1-4-16-14-18(21(6-3)20-16)17(19-5-2)13-12-15-10-8-7-9-11-15/h7-11,14,17,19H,4-6,12-13H2,1-3H3. The quantitative estimate of drug-likeness (QED) is 0.800. The van der Waals surface area contributed by atoms with Crippen LogP contribution in [0.25, 0.3) is 0 Å². The first kappa shape index (κ1) is 15.8. The molecule has 2 rings (SSSR count). The molecule has 3 heteroatoms. The summed E-state index contributed by atoms with van der Waals surface area (Å²) in [7, 11) is 0. The van der Waals surface area contributed by atoms with Crippen LogP contribution < -0.4 is 5.32 Å². The maximum absolute atomic E-state index is 4.68. The third-order valence-corrected chi connectivity index (χ3v) is 3.90. The second-order valence-corrected chi connectivity index (χ2v) is 5.36. The Bertz CT molecular complexity index is 531. The molecule has 0 fully saturated rings. The number of hydrogen-bond donors (Lipinski definition) is 1. The largest absolute Gasteiger partial charge is 0.309 e. The van der Waals surface area contributed by atoms with Gasteiger partial charge in [0.15, 0.2) is 0 Å². The molecule has 0 aliphatic carbocycles. The topological polar surface area (TPSA) is 29.9 Å². The minimum atomic E-state index is 0.378. The van der Waals surface area contributed by atoms with E-state index in [0.717, 1.165) is 32.4 Å². The number of aromatic nitrogens is 2. The van der Waals surface area contributed by atoms with Gasteiger partial charge in [0.1, 0.15) is 0 Å². The van der Waals surface area contributed by atoms with Crippen molar-refractivity contribution in [2.24, 2.45) is 0 Å². The molecule has 1 unspecified atom stereocenters. The van der Waals surface area contributed by atoms with Crippen molar-refractivity contribution in [2.45, 2.75) is 52.6 Å². The van der Waals surface area contributed by atoms with Crippen LogP contribution in [0, 0.1) is 0 Å². The predicted molar refractivity (Wildman–Crippen MR) is 88.5 cm³/mol. The molecule has 0 bridgehead atoms. The van der Waals surface area contributed by atoms with Crippen molar-refractivity contribution in [3.8, 4) is 0 Å². The molecule has 3 nitrogen and oxygen atoms in total. The van der Waals surface area contributed by atoms with Crippen LogP contribution in [0.15, 0.2) is 36.4 Å². The Labute approximate surface area is 128 Å². The molecule has 1 N–H and O–H groups in total. The van der Waals surface area contributed by atoms with Gasteiger partial charge in [0, 0.05) is 12.6 Å². The molecule has 1 aromatic carbocycles. The summed E-state index contributed by atoms with van der Waals surface area (Å²) in [4.78, 5) is 0. The third-order valence-electron chi connectivity index (χ3n) is 3.90. The van der Waals surface area contributed by atoms with E-state index in [1.165, 1.54) is 17.0 Å². The maximum Gasteiger partial charge on any atom is 0.0625 e. The molecule has 21 heavy (non-hydrogen) atoms. The zero-order valence-electron chi connectivity index (χ0n) is 13.5. The van der Waals surface area contributed by atoms with Gasteiger partial charge in [-0.1, -0.05) is 44.2 Å². The molecule has 0 spiro atoms. The first-order chi connectivity index (χ1) is 10.3. The van der Waals surface area contributed by atoms with Crippen molar-refractivity contribution < 1.29 is 0 Å². The summed E-state index contributed by atoms with van der Waals surface area (Å²) in [5.41, 5.74) is 3.92. The molecule has 1 heterocycles. The summed E-state index contributed by atoms with van der Waals surface area (Å²) >= 11 is 0. The molecule has 0 radical (unpaired) electrons. The highest BCUT2D eigenvalue weighted by Crippen LogP contribution is 2.21. The fourth-order valence-electron chi connectivity index (χ4n) is 2.75. The van der Waals surface area contributed by atoms with Gasteiger partial charge < -0.3 is 5.32 Å². The predicted octanol–water partition coefficient (Wildman–Crippen LogP) is 3.75. The lowest BCUT2D eigenvalue weighted by atomic mass is 10.0. The number of benzene rings is 1. The van der Waals surface area contributed by atoms with E-state index >= 15 is 0 Å². The second kappa shape index (κ2) is 7.99. The van der Waals surface area contributed by atoms with E-state index in [1.807, 2.05) is 0 Å². The normalized spacial score (nSPS) is 12.5. The average molecular weight is 285 g/mol. The van der Waals surface area contributed by atoms with Crippen LogP contribution in [-0.4, -0.2) is 16.3 Å². The van der Waals surface area contributed by atoms with E-state index in [9.17, 15) is 0 Å². The van der Waals surface area contributed by atoms with Crippen molar-refractivity contribution in [1.29, 1.82) is 0 Å². The van der Waals surface area contributed by atoms with Gasteiger partial charge in [-0.3, -0.25) is 4.68 Å². The van der Waals surface area contributed by atoms with E-state index in [4.69, 9.17) is 0 Å². The van der Waals surface area contributed by atoms with Gasteiger partial charge in [-0.15, -0.1) is 0 Å². The Morgan fingerprint density at radius 1 is 1.14 bits per heavy atom. The van der Waals surface area contributed by atoms with Crippen molar-refractivity contribution in [2.75, 3.05) is 6.54 Å². The van der Waals surface area contributed by atoms with E-state index in [-0.39, 0.29) is 0 Å². The van der Waals surface area contributed by atoms with E-state index in [1.54, 1.807) is 0 Å². The van der Waals surface area contributed by atoms with Crippen LogP contribution in [-0.2, 0) is 19.4 Å². The SMILES string of the molecule is CCNC(CCc1ccccc1)c1cc(CC)nn1CC. The Morgan fingerprint density at radius 2 is 1.90 bits per heavy atom. The minimum Gasteiger partial charge on any atom is -0.309 e. The van der Waals surface area contributed by atoms with Crippen LogP contribution in [0.1, 0.15) is 50.2 Å². The van der Waals surface area contributed by atoms with Gasteiger partial charge in [-0.25, -0.2) is 0 Å². The molecule has 114 valence electrons. The van der Waals surface area contributed by atoms with E-state index in [0.29, 0.717) is 6.04 Å². The van der Waals surface area contributed by atoms with Gasteiger partial charge in [0.2, 0.25) is 0 Å². The zero-order valence-corrected chi connectivity index (χ0v) is 13.5. The number of aryl methyl sites for hydroxylation is 3. The van der Waals surface area contributed by atoms with Gasteiger partial charge >= 0.3 is 0 Å². The molecule has 0 aliphatic rings. The third kappa shape index (κ3) is 4.18.